The maximum Gasteiger partial charge on any atom is 0.170 e. The lowest BCUT2D eigenvalue weighted by atomic mass is 9.97. The maximum absolute atomic E-state index is 6.34. The van der Waals surface area contributed by atoms with Gasteiger partial charge in [0.05, 0.1) is 24.4 Å². The van der Waals surface area contributed by atoms with Gasteiger partial charge in [0.25, 0.3) is 0 Å². The summed E-state index contributed by atoms with van der Waals surface area (Å²) < 4.78 is 7.65. The highest BCUT2D eigenvalue weighted by Crippen LogP contribution is 2.41. The highest BCUT2D eigenvalue weighted by atomic mass is 35.5. The predicted octanol–water partition coefficient (Wildman–Crippen LogP) is 5.07. The molecule has 4 rings (SSSR count). The zero-order valence-electron chi connectivity index (χ0n) is 18.2. The van der Waals surface area contributed by atoms with Crippen LogP contribution >= 0.6 is 23.8 Å². The Morgan fingerprint density at radius 2 is 1.97 bits per heavy atom. The predicted molar refractivity (Wildman–Crippen MR) is 129 cm³/mol. The molecule has 7 heteroatoms. The van der Waals surface area contributed by atoms with Gasteiger partial charge in [0.15, 0.2) is 5.11 Å². The van der Waals surface area contributed by atoms with Gasteiger partial charge in [-0.05, 0) is 74.4 Å². The maximum atomic E-state index is 6.34. The van der Waals surface area contributed by atoms with Crippen LogP contribution in [0.25, 0.3) is 5.69 Å². The molecule has 1 aromatic carbocycles. The van der Waals surface area contributed by atoms with Crippen LogP contribution in [-0.4, -0.2) is 39.8 Å². The molecule has 1 saturated heterocycles. The van der Waals surface area contributed by atoms with E-state index < -0.39 is 0 Å². The number of thiocarbonyl (C=S) groups is 1. The summed E-state index contributed by atoms with van der Waals surface area (Å²) in [5.41, 5.74) is 6.79. The van der Waals surface area contributed by atoms with Gasteiger partial charge in [-0.3, -0.25) is 4.98 Å². The van der Waals surface area contributed by atoms with E-state index >= 15 is 0 Å². The quantitative estimate of drug-likeness (QED) is 0.526. The number of benzene rings is 1. The molecule has 1 fully saturated rings. The normalized spacial score (nSPS) is 18.5. The van der Waals surface area contributed by atoms with E-state index in [-0.39, 0.29) is 12.1 Å². The molecule has 162 valence electrons. The molecule has 2 atom stereocenters. The van der Waals surface area contributed by atoms with Crippen LogP contribution in [-0.2, 0) is 4.74 Å². The minimum Gasteiger partial charge on any atom is -0.383 e. The molecule has 1 aliphatic heterocycles. The van der Waals surface area contributed by atoms with E-state index in [4.69, 9.17) is 28.6 Å². The van der Waals surface area contributed by atoms with E-state index in [2.05, 4.69) is 52.7 Å². The summed E-state index contributed by atoms with van der Waals surface area (Å²) in [6.07, 6.45) is 1.83. The first-order valence-electron chi connectivity index (χ1n) is 10.3. The Hall–Kier alpha value is -2.41. The minimum atomic E-state index is -0.0417. The van der Waals surface area contributed by atoms with Crippen molar-refractivity contribution in [3.8, 4) is 5.69 Å². The number of nitrogens with one attached hydrogen (secondary N) is 1. The van der Waals surface area contributed by atoms with E-state index in [0.29, 0.717) is 13.2 Å². The molecule has 2 aromatic heterocycles. The number of aryl methyl sites for hydroxylation is 2. The molecular formula is C24H27ClN4OS. The van der Waals surface area contributed by atoms with Gasteiger partial charge < -0.3 is 19.5 Å². The summed E-state index contributed by atoms with van der Waals surface area (Å²) in [5.74, 6) is 0. The van der Waals surface area contributed by atoms with Crippen molar-refractivity contribution in [1.82, 2.24) is 19.8 Å². The first-order chi connectivity index (χ1) is 14.9. The SMILES string of the molecule is COCCN1C(=S)NC(c2ccccn2)C1c1cc(C)n(-c2cc(Cl)ccc2C)c1C. The van der Waals surface area contributed by atoms with E-state index in [9.17, 15) is 0 Å². The largest absolute Gasteiger partial charge is 0.383 e. The summed E-state index contributed by atoms with van der Waals surface area (Å²) in [5, 5.41) is 4.95. The number of halogens is 1. The second-order valence-electron chi connectivity index (χ2n) is 7.91. The fourth-order valence-corrected chi connectivity index (χ4v) is 4.95. The number of pyridine rings is 1. The number of hydrogen-bond acceptors (Lipinski definition) is 3. The molecule has 5 nitrogen and oxygen atoms in total. The lowest BCUT2D eigenvalue weighted by molar-refractivity contribution is 0.164. The van der Waals surface area contributed by atoms with Gasteiger partial charge >= 0.3 is 0 Å². The Bertz CT molecular complexity index is 1100. The molecule has 0 spiro atoms. The second kappa shape index (κ2) is 8.99. The van der Waals surface area contributed by atoms with Crippen molar-refractivity contribution >= 4 is 28.9 Å². The Balaban J connectivity index is 1.84. The monoisotopic (exact) mass is 454 g/mol. The van der Waals surface area contributed by atoms with Gasteiger partial charge in [0, 0.05) is 41.9 Å². The molecule has 1 N–H and O–H groups in total. The van der Waals surface area contributed by atoms with Crippen LogP contribution in [0.5, 0.6) is 0 Å². The van der Waals surface area contributed by atoms with Gasteiger partial charge in [0.2, 0.25) is 0 Å². The van der Waals surface area contributed by atoms with Gasteiger partial charge in [-0.1, -0.05) is 23.7 Å². The standard InChI is InChI=1S/C24H27ClN4OS/c1-15-8-9-18(25)14-21(15)29-16(2)13-19(17(29)3)23-22(20-7-5-6-10-26-20)27-24(31)28(23)11-12-30-4/h5-10,13-14,22-23H,11-12H2,1-4H3,(H,27,31). The third kappa shape index (κ3) is 4.07. The van der Waals surface area contributed by atoms with E-state index in [1.54, 1.807) is 7.11 Å². The zero-order valence-corrected chi connectivity index (χ0v) is 19.8. The minimum absolute atomic E-state index is 0.0111. The molecule has 0 bridgehead atoms. The van der Waals surface area contributed by atoms with Gasteiger partial charge in [0.1, 0.15) is 0 Å². The summed E-state index contributed by atoms with van der Waals surface area (Å²) in [6.45, 7) is 7.70. The Morgan fingerprint density at radius 3 is 2.68 bits per heavy atom. The van der Waals surface area contributed by atoms with Crippen molar-refractivity contribution in [3.63, 3.8) is 0 Å². The van der Waals surface area contributed by atoms with Crippen LogP contribution in [0.2, 0.25) is 5.02 Å². The summed E-state index contributed by atoms with van der Waals surface area (Å²) >= 11 is 12.1. The molecule has 1 aliphatic rings. The van der Waals surface area contributed by atoms with Crippen LogP contribution in [0, 0.1) is 20.8 Å². The molecule has 0 radical (unpaired) electrons. The smallest absolute Gasteiger partial charge is 0.170 e. The van der Waals surface area contributed by atoms with Crippen molar-refractivity contribution in [3.05, 3.63) is 81.9 Å². The first-order valence-corrected chi connectivity index (χ1v) is 11.1. The van der Waals surface area contributed by atoms with Gasteiger partial charge in [-0.15, -0.1) is 0 Å². The lowest BCUT2D eigenvalue weighted by Crippen LogP contribution is -2.32. The molecule has 0 aliphatic carbocycles. The van der Waals surface area contributed by atoms with Crippen molar-refractivity contribution in [2.24, 2.45) is 0 Å². The highest BCUT2D eigenvalue weighted by molar-refractivity contribution is 7.80. The number of methoxy groups -OCH3 is 1. The fraction of sp³-hybridized carbons (Fsp3) is 0.333. The van der Waals surface area contributed by atoms with Crippen LogP contribution in [0.4, 0.5) is 0 Å². The molecule has 31 heavy (non-hydrogen) atoms. The summed E-state index contributed by atoms with van der Waals surface area (Å²) in [4.78, 5) is 6.84. The third-order valence-corrected chi connectivity index (χ3v) is 6.52. The Morgan fingerprint density at radius 1 is 1.16 bits per heavy atom. The molecule has 3 heterocycles. The first kappa shape index (κ1) is 21.8. The number of nitrogens with zero attached hydrogens (tertiary/aromatic N) is 3. The topological polar surface area (TPSA) is 42.3 Å². The number of rotatable bonds is 6. The van der Waals surface area contributed by atoms with Crippen LogP contribution in [0.1, 0.15) is 40.3 Å². The highest BCUT2D eigenvalue weighted by Gasteiger charge is 2.41. The van der Waals surface area contributed by atoms with Crippen LogP contribution in [0.15, 0.2) is 48.7 Å². The van der Waals surface area contributed by atoms with Crippen LogP contribution < -0.4 is 5.32 Å². The summed E-state index contributed by atoms with van der Waals surface area (Å²) in [7, 11) is 1.71. The lowest BCUT2D eigenvalue weighted by Gasteiger charge is -2.28. The van der Waals surface area contributed by atoms with Gasteiger partial charge in [-0.25, -0.2) is 0 Å². The van der Waals surface area contributed by atoms with Crippen molar-refractivity contribution in [2.45, 2.75) is 32.9 Å². The molecular weight excluding hydrogens is 428 g/mol. The van der Waals surface area contributed by atoms with Crippen LogP contribution in [0.3, 0.4) is 0 Å². The van der Waals surface area contributed by atoms with E-state index in [1.807, 2.05) is 36.5 Å². The second-order valence-corrected chi connectivity index (χ2v) is 8.73. The third-order valence-electron chi connectivity index (χ3n) is 5.94. The fourth-order valence-electron chi connectivity index (χ4n) is 4.46. The number of aromatic nitrogens is 2. The number of hydrogen-bond donors (Lipinski definition) is 1. The van der Waals surface area contributed by atoms with E-state index in [0.717, 1.165) is 27.2 Å². The average Bonchev–Trinajstić information content (AvgIpc) is 3.24. The molecule has 0 saturated carbocycles. The Labute approximate surface area is 194 Å². The molecule has 3 aromatic rings. The van der Waals surface area contributed by atoms with E-state index in [1.165, 1.54) is 16.8 Å². The molecule has 0 amide bonds. The summed E-state index contributed by atoms with van der Waals surface area (Å²) in [6, 6.07) is 14.2. The van der Waals surface area contributed by atoms with Crippen molar-refractivity contribution < 1.29 is 4.74 Å². The molecule has 2 unspecified atom stereocenters. The Kier molecular flexibility index (Phi) is 6.32. The average molecular weight is 455 g/mol. The zero-order chi connectivity index (χ0) is 22.1. The number of ether oxygens (including phenoxy) is 1. The van der Waals surface area contributed by atoms with Crippen molar-refractivity contribution in [1.29, 1.82) is 0 Å². The van der Waals surface area contributed by atoms with Gasteiger partial charge in [-0.2, -0.15) is 0 Å². The van der Waals surface area contributed by atoms with Crippen molar-refractivity contribution in [2.75, 3.05) is 20.3 Å².